The number of rotatable bonds is 4. The molecule has 5 rings (SSSR count). The van der Waals surface area contributed by atoms with Crippen LogP contribution in [0.2, 0.25) is 5.02 Å². The fraction of sp³-hybridized carbons (Fsp3) is 0.600. The van der Waals surface area contributed by atoms with E-state index in [2.05, 4.69) is 44.1 Å². The van der Waals surface area contributed by atoms with Crippen molar-refractivity contribution in [3.8, 4) is 0 Å². The van der Waals surface area contributed by atoms with Gasteiger partial charge in [0.25, 0.3) is 0 Å². The Labute approximate surface area is 174 Å². The number of fused-ring (bicyclic) bond motifs is 1. The summed E-state index contributed by atoms with van der Waals surface area (Å²) in [6.07, 6.45) is 3.71. The maximum atomic E-state index is 12.6. The zero-order chi connectivity index (χ0) is 20.4. The van der Waals surface area contributed by atoms with Crippen LogP contribution in [-0.4, -0.2) is 52.1 Å². The number of nitrogens with zero attached hydrogens (tertiary/aromatic N) is 5. The van der Waals surface area contributed by atoms with Crippen molar-refractivity contribution in [2.45, 2.75) is 33.6 Å². The Morgan fingerprint density at radius 3 is 2.52 bits per heavy atom. The minimum Gasteiger partial charge on any atom is -0.360 e. The van der Waals surface area contributed by atoms with E-state index in [1.165, 1.54) is 0 Å². The van der Waals surface area contributed by atoms with Crippen molar-refractivity contribution in [2.75, 3.05) is 36.4 Å². The minimum atomic E-state index is 0.00263. The minimum absolute atomic E-state index is 0.00263. The summed E-state index contributed by atoms with van der Waals surface area (Å²) in [6, 6.07) is 1.78. The lowest BCUT2D eigenvalue weighted by atomic mass is 9.71. The van der Waals surface area contributed by atoms with E-state index in [0.29, 0.717) is 34.3 Å². The summed E-state index contributed by atoms with van der Waals surface area (Å²) in [6.45, 7) is 9.57. The number of anilines is 3. The second kappa shape index (κ2) is 6.32. The molecule has 154 valence electrons. The lowest BCUT2D eigenvalue weighted by molar-refractivity contribution is -0.132. The molecule has 1 N–H and O–H groups in total. The maximum absolute atomic E-state index is 12.6. The highest BCUT2D eigenvalue weighted by atomic mass is 35.5. The fourth-order valence-corrected chi connectivity index (χ4v) is 4.94. The number of halogens is 1. The summed E-state index contributed by atoms with van der Waals surface area (Å²) in [5.41, 5.74) is 0.00525. The molecule has 0 bridgehead atoms. The fourth-order valence-electron chi connectivity index (χ4n) is 4.73. The third-order valence-electron chi connectivity index (χ3n) is 6.75. The molecule has 0 spiro atoms. The predicted octanol–water partition coefficient (Wildman–Crippen LogP) is 3.25. The van der Waals surface area contributed by atoms with E-state index in [9.17, 15) is 4.79 Å². The first kappa shape index (κ1) is 18.7. The number of nitrogens with one attached hydrogen (secondary N) is 1. The summed E-state index contributed by atoms with van der Waals surface area (Å²) in [5, 5.41) is 7.50. The van der Waals surface area contributed by atoms with Crippen molar-refractivity contribution < 1.29 is 9.32 Å². The van der Waals surface area contributed by atoms with E-state index in [-0.39, 0.29) is 16.7 Å². The Kier molecular flexibility index (Phi) is 4.07. The van der Waals surface area contributed by atoms with E-state index >= 15 is 0 Å². The van der Waals surface area contributed by atoms with Crippen LogP contribution in [0, 0.1) is 23.7 Å². The number of likely N-dealkylation sites (tertiary alicyclic amines) is 1. The molecule has 0 aromatic carbocycles. The van der Waals surface area contributed by atoms with Crippen molar-refractivity contribution >= 4 is 35.1 Å². The molecule has 2 atom stereocenters. The normalized spacial score (nSPS) is 28.7. The molecule has 2 unspecified atom stereocenters. The van der Waals surface area contributed by atoms with Crippen molar-refractivity contribution in [3.63, 3.8) is 0 Å². The zero-order valence-electron chi connectivity index (χ0n) is 16.9. The highest BCUT2D eigenvalue weighted by molar-refractivity contribution is 6.32. The van der Waals surface area contributed by atoms with Crippen LogP contribution >= 0.6 is 11.6 Å². The predicted molar refractivity (Wildman–Crippen MR) is 109 cm³/mol. The number of hydrogen-bond acceptors (Lipinski definition) is 7. The first-order chi connectivity index (χ1) is 13.8. The van der Waals surface area contributed by atoms with Gasteiger partial charge in [-0.1, -0.05) is 30.6 Å². The molecule has 1 amide bonds. The molecule has 8 nitrogen and oxygen atoms in total. The molecule has 3 fully saturated rings. The molecule has 2 saturated heterocycles. The van der Waals surface area contributed by atoms with Crippen LogP contribution in [-0.2, 0) is 4.79 Å². The Hall–Kier alpha value is -2.35. The van der Waals surface area contributed by atoms with Crippen molar-refractivity contribution in [3.05, 3.63) is 23.0 Å². The standard InChI is InChI=1S/C20H25ClN6O2/c1-12-6-15(25-29-12)23-18-22-7-14(21)16(24-18)26-8-19(2)10-27(11-20(19,3)9-26)17(28)13-4-5-13/h6-7,13H,4-5,8-11H2,1-3H3,(H,22,23,24,25). The number of carbonyl (C=O) groups is 1. The number of aryl methyl sites for hydroxylation is 1. The average Bonchev–Trinajstić information content (AvgIpc) is 3.31. The number of hydrogen-bond donors (Lipinski definition) is 1. The molecule has 29 heavy (non-hydrogen) atoms. The topological polar surface area (TPSA) is 87.4 Å². The molecule has 2 aliphatic heterocycles. The van der Waals surface area contributed by atoms with Crippen LogP contribution in [0.5, 0.6) is 0 Å². The molecule has 2 aromatic heterocycles. The van der Waals surface area contributed by atoms with Crippen molar-refractivity contribution in [1.29, 1.82) is 0 Å². The van der Waals surface area contributed by atoms with E-state index in [4.69, 9.17) is 16.1 Å². The zero-order valence-corrected chi connectivity index (χ0v) is 17.7. The summed E-state index contributed by atoms with van der Waals surface area (Å²) in [4.78, 5) is 25.8. The summed E-state index contributed by atoms with van der Waals surface area (Å²) < 4.78 is 5.08. The molecule has 9 heteroatoms. The number of aromatic nitrogens is 3. The maximum Gasteiger partial charge on any atom is 0.230 e. The van der Waals surface area contributed by atoms with Gasteiger partial charge in [-0.2, -0.15) is 4.98 Å². The number of amides is 1. The van der Waals surface area contributed by atoms with Gasteiger partial charge in [-0.3, -0.25) is 4.79 Å². The smallest absolute Gasteiger partial charge is 0.230 e. The molecule has 1 aliphatic carbocycles. The first-order valence-electron chi connectivity index (χ1n) is 10.0. The van der Waals surface area contributed by atoms with Crippen LogP contribution in [0.4, 0.5) is 17.6 Å². The van der Waals surface area contributed by atoms with Gasteiger partial charge in [0.15, 0.2) is 11.6 Å². The van der Waals surface area contributed by atoms with Gasteiger partial charge in [-0.15, -0.1) is 0 Å². The second-order valence-corrected chi connectivity index (χ2v) is 9.67. The molecule has 2 aromatic rings. The third kappa shape index (κ3) is 3.13. The lowest BCUT2D eigenvalue weighted by Crippen LogP contribution is -2.36. The van der Waals surface area contributed by atoms with Crippen molar-refractivity contribution in [2.24, 2.45) is 16.7 Å². The Balaban J connectivity index is 1.36. The van der Waals surface area contributed by atoms with Gasteiger partial charge in [0.05, 0.1) is 6.20 Å². The Morgan fingerprint density at radius 1 is 1.24 bits per heavy atom. The largest absolute Gasteiger partial charge is 0.360 e. The monoisotopic (exact) mass is 416 g/mol. The van der Waals surface area contributed by atoms with Gasteiger partial charge in [0.2, 0.25) is 11.9 Å². The Bertz CT molecular complexity index is 956. The molecule has 4 heterocycles. The van der Waals surface area contributed by atoms with E-state index < -0.39 is 0 Å². The van der Waals surface area contributed by atoms with Gasteiger partial charge in [0.1, 0.15) is 10.8 Å². The molecular formula is C20H25ClN6O2. The van der Waals surface area contributed by atoms with Crippen LogP contribution in [0.15, 0.2) is 16.8 Å². The van der Waals surface area contributed by atoms with E-state index in [1.807, 2.05) is 6.92 Å². The average molecular weight is 417 g/mol. The first-order valence-corrected chi connectivity index (χ1v) is 10.4. The summed E-state index contributed by atoms with van der Waals surface area (Å²) in [5.74, 6) is 3.00. The Morgan fingerprint density at radius 2 is 1.93 bits per heavy atom. The quantitative estimate of drug-likeness (QED) is 0.818. The highest BCUT2D eigenvalue weighted by Gasteiger charge is 2.59. The van der Waals surface area contributed by atoms with Gasteiger partial charge in [0, 0.05) is 49.0 Å². The van der Waals surface area contributed by atoms with Crippen molar-refractivity contribution in [1.82, 2.24) is 20.0 Å². The van der Waals surface area contributed by atoms with Gasteiger partial charge in [-0.25, -0.2) is 4.98 Å². The molecule has 3 aliphatic rings. The molecular weight excluding hydrogens is 392 g/mol. The van der Waals surface area contributed by atoms with Crippen LogP contribution in [0.1, 0.15) is 32.4 Å². The van der Waals surface area contributed by atoms with Gasteiger partial charge >= 0.3 is 0 Å². The van der Waals surface area contributed by atoms with Gasteiger partial charge < -0.3 is 19.6 Å². The third-order valence-corrected chi connectivity index (χ3v) is 7.01. The highest BCUT2D eigenvalue weighted by Crippen LogP contribution is 2.53. The lowest BCUT2D eigenvalue weighted by Gasteiger charge is -2.29. The van der Waals surface area contributed by atoms with Crippen LogP contribution < -0.4 is 10.2 Å². The SMILES string of the molecule is Cc1cc(Nc2ncc(Cl)c(N3CC4(C)CN(C(=O)C5CC5)CC4(C)C3)n2)no1. The molecule has 1 saturated carbocycles. The second-order valence-electron chi connectivity index (χ2n) is 9.26. The number of carbonyl (C=O) groups excluding carboxylic acids is 1. The van der Waals surface area contributed by atoms with Gasteiger partial charge in [-0.05, 0) is 19.8 Å². The summed E-state index contributed by atoms with van der Waals surface area (Å²) in [7, 11) is 0. The van der Waals surface area contributed by atoms with Crippen LogP contribution in [0.3, 0.4) is 0 Å². The van der Waals surface area contributed by atoms with E-state index in [0.717, 1.165) is 39.0 Å². The molecule has 0 radical (unpaired) electrons. The summed E-state index contributed by atoms with van der Waals surface area (Å²) >= 11 is 6.47. The van der Waals surface area contributed by atoms with E-state index in [1.54, 1.807) is 12.3 Å². The van der Waals surface area contributed by atoms with Crippen LogP contribution in [0.25, 0.3) is 0 Å².